The Kier molecular flexibility index (Phi) is 35.8. The van der Waals surface area contributed by atoms with Gasteiger partial charge in [0.05, 0.1) is 39.9 Å². The molecule has 0 aromatic rings. The Hall–Kier alpha value is -0.500. The first kappa shape index (κ1) is 51.5. The number of carbonyl (C=O) groups excluding carboxylic acids is 1. The van der Waals surface area contributed by atoms with Gasteiger partial charge in [-0.15, -0.1) is 0 Å². The number of quaternary nitrogens is 1. The molecule has 1 amide bonds. The summed E-state index contributed by atoms with van der Waals surface area (Å²) in [6.45, 7) is 4.71. The molecule has 0 aliphatic heterocycles. The molecule has 0 saturated carbocycles. The van der Waals surface area contributed by atoms with E-state index in [2.05, 4.69) is 19.2 Å². The van der Waals surface area contributed by atoms with Crippen LogP contribution in [0.5, 0.6) is 0 Å². The first-order valence-electron chi connectivity index (χ1n) is 22.4. The minimum absolute atomic E-state index is 0.0157. The summed E-state index contributed by atoms with van der Waals surface area (Å²) in [5.41, 5.74) is 0. The molecule has 0 radical (unpaired) electrons. The van der Waals surface area contributed by atoms with Crippen LogP contribution in [0.3, 0.4) is 0 Å². The third-order valence-corrected chi connectivity index (χ3v) is 11.3. The fraction of sp³-hybridized carbons (Fsp3) is 0.977. The molecule has 0 aliphatic carbocycles. The second-order valence-corrected chi connectivity index (χ2v) is 18.2. The number of amides is 1. The van der Waals surface area contributed by atoms with Crippen molar-refractivity contribution in [3.63, 3.8) is 0 Å². The summed E-state index contributed by atoms with van der Waals surface area (Å²) in [7, 11) is 1.31. The van der Waals surface area contributed by atoms with Crippen molar-refractivity contribution in [2.45, 2.75) is 231 Å². The van der Waals surface area contributed by atoms with E-state index >= 15 is 0 Å². The third-order valence-electron chi connectivity index (χ3n) is 10.3. The van der Waals surface area contributed by atoms with Crippen LogP contribution >= 0.6 is 7.82 Å². The lowest BCUT2D eigenvalue weighted by Gasteiger charge is -2.30. The predicted octanol–water partition coefficient (Wildman–Crippen LogP) is 11.6. The number of phosphoric ester groups is 1. The molecule has 2 N–H and O–H groups in total. The molecule has 0 aromatic heterocycles. The Morgan fingerprint density at radius 3 is 1.31 bits per heavy atom. The van der Waals surface area contributed by atoms with Gasteiger partial charge in [0.15, 0.2) is 0 Å². The second kappa shape index (κ2) is 36.2. The first-order chi connectivity index (χ1) is 25.0. The van der Waals surface area contributed by atoms with Gasteiger partial charge in [0.25, 0.3) is 7.82 Å². The highest BCUT2D eigenvalue weighted by Crippen LogP contribution is 2.38. The molecule has 312 valence electrons. The Bertz CT molecular complexity index is 824. The number of hydrogen-bond acceptors (Lipinski definition) is 6. The lowest BCUT2D eigenvalue weighted by Crippen LogP contribution is -2.46. The number of nitrogens with zero attached hydrogens (tertiary/aromatic N) is 1. The lowest BCUT2D eigenvalue weighted by molar-refractivity contribution is -0.870. The summed E-state index contributed by atoms with van der Waals surface area (Å²) in [5, 5.41) is 13.8. The number of rotatable bonds is 41. The van der Waals surface area contributed by atoms with Crippen molar-refractivity contribution in [2.24, 2.45) is 0 Å². The summed E-state index contributed by atoms with van der Waals surface area (Å²) >= 11 is 0. The molecule has 3 atom stereocenters. The molecule has 0 bridgehead atoms. The van der Waals surface area contributed by atoms with E-state index < -0.39 is 20.0 Å². The van der Waals surface area contributed by atoms with Crippen LogP contribution in [-0.2, 0) is 18.4 Å². The van der Waals surface area contributed by atoms with Gasteiger partial charge < -0.3 is 28.8 Å². The number of aliphatic hydroxyl groups is 1. The van der Waals surface area contributed by atoms with Crippen molar-refractivity contribution in [2.75, 3.05) is 40.9 Å². The van der Waals surface area contributed by atoms with Gasteiger partial charge in [0, 0.05) is 6.42 Å². The van der Waals surface area contributed by atoms with Crippen molar-refractivity contribution >= 4 is 13.7 Å². The van der Waals surface area contributed by atoms with Gasteiger partial charge in [0.1, 0.15) is 13.2 Å². The highest BCUT2D eigenvalue weighted by Gasteiger charge is 2.24. The lowest BCUT2D eigenvalue weighted by atomic mass is 10.0. The SMILES string of the molecule is CCCCCCCCCCCCCCCCCCCCCCCC(=O)NC(COP(=O)([O-])OCC[N+](C)(C)C)C(O)CCCCCCCCCCC. The van der Waals surface area contributed by atoms with Crippen molar-refractivity contribution in [3.05, 3.63) is 0 Å². The minimum Gasteiger partial charge on any atom is -0.756 e. The quantitative estimate of drug-likeness (QED) is 0.0365. The topological polar surface area (TPSA) is 108 Å². The van der Waals surface area contributed by atoms with E-state index in [9.17, 15) is 19.4 Å². The smallest absolute Gasteiger partial charge is 0.268 e. The van der Waals surface area contributed by atoms with Crippen molar-refractivity contribution in [1.29, 1.82) is 0 Å². The number of carbonyl (C=O) groups is 1. The zero-order chi connectivity index (χ0) is 38.6. The minimum atomic E-state index is -4.55. The number of phosphoric acid groups is 1. The highest BCUT2D eigenvalue weighted by atomic mass is 31.2. The van der Waals surface area contributed by atoms with E-state index in [0.717, 1.165) is 38.5 Å². The molecular weight excluding hydrogens is 671 g/mol. The van der Waals surface area contributed by atoms with E-state index in [1.165, 1.54) is 154 Å². The number of nitrogens with one attached hydrogen (secondary N) is 1. The van der Waals surface area contributed by atoms with E-state index in [4.69, 9.17) is 9.05 Å². The second-order valence-electron chi connectivity index (χ2n) is 16.8. The molecule has 9 heteroatoms. The summed E-state index contributed by atoms with van der Waals surface area (Å²) in [5.74, 6) is -0.163. The Balaban J connectivity index is 4.16. The molecule has 0 rings (SSSR count). The summed E-state index contributed by atoms with van der Waals surface area (Å²) < 4.78 is 23.2. The van der Waals surface area contributed by atoms with Gasteiger partial charge in [-0.3, -0.25) is 9.36 Å². The highest BCUT2D eigenvalue weighted by molar-refractivity contribution is 7.45. The fourth-order valence-corrected chi connectivity index (χ4v) is 7.47. The van der Waals surface area contributed by atoms with Crippen LogP contribution in [0.4, 0.5) is 0 Å². The molecule has 0 saturated heterocycles. The molecule has 0 aromatic carbocycles. The molecule has 0 aliphatic rings. The molecule has 0 fully saturated rings. The summed E-state index contributed by atoms with van der Waals surface area (Å²) in [6.07, 6.45) is 38.3. The maximum absolute atomic E-state index is 12.8. The van der Waals surface area contributed by atoms with Gasteiger partial charge in [-0.2, -0.15) is 0 Å². The number of unbranched alkanes of at least 4 members (excludes halogenated alkanes) is 28. The van der Waals surface area contributed by atoms with E-state index in [-0.39, 0.29) is 19.1 Å². The van der Waals surface area contributed by atoms with Crippen LogP contribution < -0.4 is 10.2 Å². The average Bonchev–Trinajstić information content (AvgIpc) is 3.09. The standard InChI is InChI=1S/C43H89N2O6P/c1-6-8-10-12-14-16-17-18-19-20-21-22-23-24-25-26-27-29-31-33-35-37-43(47)44-41(40-51-52(48,49)50-39-38-45(3,4)5)42(46)36-34-32-30-28-15-13-11-9-7-2/h41-42,46H,6-40H2,1-5H3,(H-,44,47,48,49). The number of likely N-dealkylation sites (N-methyl/N-ethyl adjacent to an activating group) is 1. The van der Waals surface area contributed by atoms with Gasteiger partial charge in [-0.25, -0.2) is 0 Å². The van der Waals surface area contributed by atoms with Crippen molar-refractivity contribution in [3.8, 4) is 0 Å². The van der Waals surface area contributed by atoms with Crippen LogP contribution in [0.15, 0.2) is 0 Å². The average molecular weight is 761 g/mol. The van der Waals surface area contributed by atoms with E-state index in [0.29, 0.717) is 23.9 Å². The summed E-state index contributed by atoms with van der Waals surface area (Å²) in [4.78, 5) is 25.2. The van der Waals surface area contributed by atoms with E-state index in [1.54, 1.807) is 0 Å². The Labute approximate surface area is 323 Å². The number of hydrogen-bond donors (Lipinski definition) is 2. The maximum atomic E-state index is 12.8. The third kappa shape index (κ3) is 37.8. The van der Waals surface area contributed by atoms with Gasteiger partial charge >= 0.3 is 0 Å². The van der Waals surface area contributed by atoms with Crippen molar-refractivity contribution < 1.29 is 32.9 Å². The molecule has 0 spiro atoms. The Morgan fingerprint density at radius 1 is 0.596 bits per heavy atom. The monoisotopic (exact) mass is 761 g/mol. The van der Waals surface area contributed by atoms with Crippen LogP contribution in [0.2, 0.25) is 0 Å². The zero-order valence-electron chi connectivity index (χ0n) is 35.3. The molecule has 0 heterocycles. The molecule has 8 nitrogen and oxygen atoms in total. The zero-order valence-corrected chi connectivity index (χ0v) is 36.2. The van der Waals surface area contributed by atoms with E-state index in [1.807, 2.05) is 21.1 Å². The first-order valence-corrected chi connectivity index (χ1v) is 23.8. The Morgan fingerprint density at radius 2 is 0.942 bits per heavy atom. The van der Waals surface area contributed by atoms with Crippen LogP contribution in [0.1, 0.15) is 219 Å². The summed E-state index contributed by atoms with van der Waals surface area (Å²) in [6, 6.07) is -0.791. The largest absolute Gasteiger partial charge is 0.756 e. The molecular formula is C43H89N2O6P. The van der Waals surface area contributed by atoms with Crippen LogP contribution in [0.25, 0.3) is 0 Å². The predicted molar refractivity (Wildman–Crippen MR) is 219 cm³/mol. The van der Waals surface area contributed by atoms with Crippen molar-refractivity contribution in [1.82, 2.24) is 5.32 Å². The number of aliphatic hydroxyl groups excluding tert-OH is 1. The van der Waals surface area contributed by atoms with Gasteiger partial charge in [0.2, 0.25) is 5.91 Å². The molecule has 52 heavy (non-hydrogen) atoms. The van der Waals surface area contributed by atoms with Crippen LogP contribution in [-0.4, -0.2) is 68.5 Å². The fourth-order valence-electron chi connectivity index (χ4n) is 6.75. The molecule has 3 unspecified atom stereocenters. The maximum Gasteiger partial charge on any atom is 0.268 e. The van der Waals surface area contributed by atoms with Gasteiger partial charge in [-0.1, -0.05) is 200 Å². The van der Waals surface area contributed by atoms with Gasteiger partial charge in [-0.05, 0) is 12.8 Å². The normalized spacial score (nSPS) is 14.4. The van der Waals surface area contributed by atoms with Crippen LogP contribution in [0, 0.1) is 0 Å².